The third-order valence-electron chi connectivity index (χ3n) is 7.30. The zero-order chi connectivity index (χ0) is 32.2. The molecule has 1 fully saturated rings. The first-order chi connectivity index (χ1) is 22.2. The van der Waals surface area contributed by atoms with Crippen molar-refractivity contribution < 1.29 is 14.3 Å². The van der Waals surface area contributed by atoms with Gasteiger partial charge in [0.25, 0.3) is 0 Å². The molecule has 2 aromatic carbocycles. The van der Waals surface area contributed by atoms with E-state index < -0.39 is 6.03 Å². The van der Waals surface area contributed by atoms with E-state index in [1.54, 1.807) is 15.8 Å². The molecule has 0 bridgehead atoms. The van der Waals surface area contributed by atoms with Gasteiger partial charge in [-0.2, -0.15) is 5.10 Å². The molecular formula is C33H33ClN8O3S. The molecule has 5 aromatic rings. The van der Waals surface area contributed by atoms with Crippen molar-refractivity contribution in [3.05, 3.63) is 83.4 Å². The van der Waals surface area contributed by atoms with E-state index in [1.807, 2.05) is 55.5 Å². The number of halogens is 1. The van der Waals surface area contributed by atoms with E-state index in [0.29, 0.717) is 41.2 Å². The molecule has 0 radical (unpaired) electrons. The molecule has 13 heteroatoms. The fourth-order valence-corrected chi connectivity index (χ4v) is 6.12. The lowest BCUT2D eigenvalue weighted by Crippen LogP contribution is -2.34. The lowest BCUT2D eigenvalue weighted by atomic mass is 10.1. The van der Waals surface area contributed by atoms with Gasteiger partial charge in [-0.1, -0.05) is 42.9 Å². The van der Waals surface area contributed by atoms with Crippen LogP contribution in [0.4, 0.5) is 21.4 Å². The number of rotatable bonds is 9. The standard InChI is InChI=1S/C33H33ClN8O3S/c1-20(2)14-23-15-29(42(40-23)25-10-7-21(3)27(34)16-25)39-31(44)38-24-17-35-32(36-18-24)45-26-11-8-22(9-12-26)28-19-37-33(46-28)41-13-5-4-6-30(41)43/h7-12,15-20H,4-6,13-14H2,1-3H3,(H2,38,39,44). The second-order valence-electron chi connectivity index (χ2n) is 11.4. The fourth-order valence-electron chi connectivity index (χ4n) is 4.98. The van der Waals surface area contributed by atoms with Gasteiger partial charge >= 0.3 is 12.0 Å². The van der Waals surface area contributed by atoms with Crippen LogP contribution >= 0.6 is 22.9 Å². The van der Waals surface area contributed by atoms with Gasteiger partial charge in [-0.3, -0.25) is 15.0 Å². The number of hydrogen-bond acceptors (Lipinski definition) is 8. The number of anilines is 3. The molecule has 0 aliphatic carbocycles. The molecule has 0 spiro atoms. The molecule has 236 valence electrons. The first kappa shape index (κ1) is 31.2. The third-order valence-corrected chi connectivity index (χ3v) is 8.78. The average molecular weight is 657 g/mol. The Labute approximate surface area is 275 Å². The normalized spacial score (nSPS) is 13.2. The molecule has 3 amide bonds. The van der Waals surface area contributed by atoms with Gasteiger partial charge in [0.1, 0.15) is 11.6 Å². The number of piperidine rings is 1. The van der Waals surface area contributed by atoms with Crippen molar-refractivity contribution in [3.8, 4) is 27.9 Å². The van der Waals surface area contributed by atoms with Gasteiger partial charge < -0.3 is 10.1 Å². The maximum atomic E-state index is 13.0. The summed E-state index contributed by atoms with van der Waals surface area (Å²) in [4.78, 5) is 40.9. The van der Waals surface area contributed by atoms with Crippen LogP contribution in [0.3, 0.4) is 0 Å². The summed E-state index contributed by atoms with van der Waals surface area (Å²) in [6.07, 6.45) is 7.99. The second kappa shape index (κ2) is 13.7. The van der Waals surface area contributed by atoms with Crippen molar-refractivity contribution in [2.75, 3.05) is 22.1 Å². The van der Waals surface area contributed by atoms with Gasteiger partial charge in [-0.15, -0.1) is 0 Å². The highest BCUT2D eigenvalue weighted by molar-refractivity contribution is 7.19. The summed E-state index contributed by atoms with van der Waals surface area (Å²) in [5, 5.41) is 11.7. The van der Waals surface area contributed by atoms with Crippen LogP contribution in [-0.2, 0) is 11.2 Å². The number of thiazole rings is 1. The maximum Gasteiger partial charge on any atom is 0.324 e. The van der Waals surface area contributed by atoms with Crippen molar-refractivity contribution in [1.29, 1.82) is 0 Å². The van der Waals surface area contributed by atoms with Crippen LogP contribution in [0, 0.1) is 12.8 Å². The van der Waals surface area contributed by atoms with E-state index in [9.17, 15) is 9.59 Å². The Balaban J connectivity index is 1.07. The van der Waals surface area contributed by atoms with Gasteiger partial charge in [0.2, 0.25) is 5.91 Å². The highest BCUT2D eigenvalue weighted by Gasteiger charge is 2.22. The summed E-state index contributed by atoms with van der Waals surface area (Å²) in [5.74, 6) is 1.59. The molecule has 11 nitrogen and oxygen atoms in total. The predicted octanol–water partition coefficient (Wildman–Crippen LogP) is 7.90. The number of amides is 3. The first-order valence-electron chi connectivity index (χ1n) is 15.0. The van der Waals surface area contributed by atoms with Crippen LogP contribution < -0.4 is 20.3 Å². The summed E-state index contributed by atoms with van der Waals surface area (Å²) < 4.78 is 7.49. The molecule has 0 unspecified atom stereocenters. The van der Waals surface area contributed by atoms with E-state index in [1.165, 1.54) is 23.7 Å². The smallest absolute Gasteiger partial charge is 0.324 e. The zero-order valence-corrected chi connectivity index (χ0v) is 27.2. The lowest BCUT2D eigenvalue weighted by molar-refractivity contribution is -0.119. The zero-order valence-electron chi connectivity index (χ0n) is 25.7. The van der Waals surface area contributed by atoms with Gasteiger partial charge in [-0.05, 0) is 79.6 Å². The molecular weight excluding hydrogens is 624 g/mol. The van der Waals surface area contributed by atoms with Crippen LogP contribution in [0.25, 0.3) is 16.1 Å². The number of hydrogen-bond donors (Lipinski definition) is 2. The topological polar surface area (TPSA) is 127 Å². The van der Waals surface area contributed by atoms with Crippen molar-refractivity contribution in [3.63, 3.8) is 0 Å². The number of nitrogens with one attached hydrogen (secondary N) is 2. The van der Waals surface area contributed by atoms with E-state index in [4.69, 9.17) is 21.4 Å². The quantitative estimate of drug-likeness (QED) is 0.165. The number of urea groups is 1. The molecule has 0 saturated carbocycles. The average Bonchev–Trinajstić information content (AvgIpc) is 3.67. The van der Waals surface area contributed by atoms with Crippen LogP contribution in [0.1, 0.15) is 44.4 Å². The molecule has 1 saturated heterocycles. The Hall–Kier alpha value is -4.81. The number of aromatic nitrogens is 5. The van der Waals surface area contributed by atoms with Crippen molar-refractivity contribution in [1.82, 2.24) is 24.7 Å². The van der Waals surface area contributed by atoms with Crippen LogP contribution in [-0.4, -0.2) is 43.2 Å². The van der Waals surface area contributed by atoms with Gasteiger partial charge in [0.15, 0.2) is 5.13 Å². The van der Waals surface area contributed by atoms with Crippen LogP contribution in [0.15, 0.2) is 67.1 Å². The van der Waals surface area contributed by atoms with E-state index in [0.717, 1.165) is 51.8 Å². The predicted molar refractivity (Wildman–Crippen MR) is 180 cm³/mol. The lowest BCUT2D eigenvalue weighted by Gasteiger charge is -2.23. The van der Waals surface area contributed by atoms with Gasteiger partial charge in [0, 0.05) is 30.3 Å². The number of benzene rings is 2. The molecule has 1 aliphatic rings. The molecule has 2 N–H and O–H groups in total. The Morgan fingerprint density at radius 2 is 1.80 bits per heavy atom. The second-order valence-corrected chi connectivity index (χ2v) is 12.8. The molecule has 46 heavy (non-hydrogen) atoms. The highest BCUT2D eigenvalue weighted by atomic mass is 35.5. The minimum absolute atomic E-state index is 0.129. The molecule has 3 aromatic heterocycles. The Kier molecular flexibility index (Phi) is 9.27. The van der Waals surface area contributed by atoms with Gasteiger partial charge in [0.05, 0.1) is 34.3 Å². The summed E-state index contributed by atoms with van der Waals surface area (Å²) >= 11 is 7.86. The summed E-state index contributed by atoms with van der Waals surface area (Å²) in [6, 6.07) is 14.7. The molecule has 0 atom stereocenters. The number of carbonyl (C=O) groups excluding carboxylic acids is 2. The maximum absolute atomic E-state index is 13.0. The van der Waals surface area contributed by atoms with E-state index >= 15 is 0 Å². The number of aryl methyl sites for hydroxylation is 1. The van der Waals surface area contributed by atoms with E-state index in [-0.39, 0.29) is 11.9 Å². The first-order valence-corrected chi connectivity index (χ1v) is 16.2. The number of ether oxygens (including phenoxy) is 1. The SMILES string of the molecule is Cc1ccc(-n2nc(CC(C)C)cc2NC(=O)Nc2cnc(Oc3ccc(-c4cnc(N5CCCCC5=O)s4)cc3)nc2)cc1Cl. The van der Waals surface area contributed by atoms with Crippen molar-refractivity contribution in [2.24, 2.45) is 5.92 Å². The molecule has 1 aliphatic heterocycles. The number of carbonyl (C=O) groups is 2. The summed E-state index contributed by atoms with van der Waals surface area (Å²) in [6.45, 7) is 6.87. The minimum Gasteiger partial charge on any atom is -0.424 e. The summed E-state index contributed by atoms with van der Waals surface area (Å²) in [5.41, 5.74) is 3.90. The van der Waals surface area contributed by atoms with Crippen molar-refractivity contribution in [2.45, 2.75) is 46.5 Å². The molecule has 6 rings (SSSR count). The fraction of sp³-hybridized carbons (Fsp3) is 0.273. The monoisotopic (exact) mass is 656 g/mol. The Morgan fingerprint density at radius 3 is 2.52 bits per heavy atom. The van der Waals surface area contributed by atoms with E-state index in [2.05, 4.69) is 39.4 Å². The Bertz CT molecular complexity index is 1850. The minimum atomic E-state index is -0.473. The van der Waals surface area contributed by atoms with Crippen molar-refractivity contribution >= 4 is 51.5 Å². The Morgan fingerprint density at radius 1 is 1.02 bits per heavy atom. The van der Waals surface area contributed by atoms with Gasteiger partial charge in [-0.25, -0.2) is 24.4 Å². The van der Waals surface area contributed by atoms with Crippen LogP contribution in [0.5, 0.6) is 11.8 Å². The van der Waals surface area contributed by atoms with Crippen LogP contribution in [0.2, 0.25) is 5.02 Å². The summed E-state index contributed by atoms with van der Waals surface area (Å²) in [7, 11) is 0. The third kappa shape index (κ3) is 7.35. The largest absolute Gasteiger partial charge is 0.424 e. The highest BCUT2D eigenvalue weighted by Crippen LogP contribution is 2.34. The number of nitrogens with zero attached hydrogens (tertiary/aromatic N) is 6. The molecule has 4 heterocycles.